The molecule has 131 valence electrons. The number of nitrogens with one attached hydrogen (secondary N) is 1. The summed E-state index contributed by atoms with van der Waals surface area (Å²) < 4.78 is 0. The second-order valence-electron chi connectivity index (χ2n) is 2.39. The minimum Gasteiger partial charge on any atom is -0.484 e. The van der Waals surface area contributed by atoms with Crippen LogP contribution in [0.25, 0.3) is 0 Å². The van der Waals surface area contributed by atoms with Crippen molar-refractivity contribution >= 4 is 34.3 Å². The number of aromatic nitrogens is 1. The molecule has 1 aromatic rings. The number of halogens is 2. The quantitative estimate of drug-likeness (QED) is 0.433. The van der Waals surface area contributed by atoms with E-state index in [4.69, 9.17) is 0 Å². The summed E-state index contributed by atoms with van der Waals surface area (Å²) in [6.07, 6.45) is 14.6. The molecule has 1 heterocycles. The summed E-state index contributed by atoms with van der Waals surface area (Å²) in [5, 5.41) is 0. The van der Waals surface area contributed by atoms with Crippen LogP contribution >= 0.6 is 24.8 Å². The van der Waals surface area contributed by atoms with Gasteiger partial charge in [0.25, 0.3) is 0 Å². The first-order valence-electron chi connectivity index (χ1n) is 4.37. The molecule has 1 N–H and O–H groups in total. The summed E-state index contributed by atoms with van der Waals surface area (Å²) >= 11 is 0. The molecule has 0 saturated heterocycles. The van der Waals surface area contributed by atoms with E-state index in [9.17, 15) is 0 Å². The molecule has 0 aliphatic heterocycles. The molecule has 1 radical (unpaired) electrons. The molecule has 0 atom stereocenters. The minimum atomic E-state index is 0. The van der Waals surface area contributed by atoms with Crippen molar-refractivity contribution in [3.8, 4) is 0 Å². The molecule has 0 amide bonds. The van der Waals surface area contributed by atoms with Gasteiger partial charge in [-0.2, -0.15) is 24.4 Å². The zero-order chi connectivity index (χ0) is 9.78. The van der Waals surface area contributed by atoms with Crippen LogP contribution in [-0.2, 0) is 21.7 Å². The van der Waals surface area contributed by atoms with Crippen LogP contribution in [0.2, 0.25) is 13.1 Å². The smallest absolute Gasteiger partial charge is 0.0213 e. The number of rotatable bonds is 0. The first-order valence-corrected chi connectivity index (χ1v) is 6.68. The van der Waals surface area contributed by atoms with E-state index in [0.717, 1.165) is 15.9 Å². The molecule has 1 nitrogen and oxygen atoms in total. The number of hydrogen-bond donors (Lipinski definition) is 1. The van der Waals surface area contributed by atoms with E-state index < -0.39 is 0 Å². The van der Waals surface area contributed by atoms with Gasteiger partial charge in [0.2, 0.25) is 0 Å². The van der Waals surface area contributed by atoms with Crippen molar-refractivity contribution < 1.29 is 21.7 Å². The van der Waals surface area contributed by atoms with Gasteiger partial charge in [0.15, 0.2) is 0 Å². The van der Waals surface area contributed by atoms with Gasteiger partial charge >= 0.3 is 0 Å². The topological polar surface area (TPSA) is 15.8 Å². The Morgan fingerprint density at radius 3 is 1.57 bits per heavy atom. The van der Waals surface area contributed by atoms with Gasteiger partial charge in [-0.3, -0.25) is 6.08 Å². The Morgan fingerprint density at radius 2 is 1.48 bits per heavy atom. The fourth-order valence-electron chi connectivity index (χ4n) is 0.581. The largest absolute Gasteiger partial charge is 0.484 e. The molecule has 0 aromatic carbocycles. The van der Waals surface area contributed by atoms with E-state index in [2.05, 4.69) is 36.4 Å². The third-order valence-electron chi connectivity index (χ3n) is 1.03. The van der Waals surface area contributed by atoms with Gasteiger partial charge in [0.1, 0.15) is 0 Å². The number of allylic oxidation sites excluding steroid dienone is 4. The van der Waals surface area contributed by atoms with Crippen LogP contribution in [0.4, 0.5) is 0 Å². The van der Waals surface area contributed by atoms with Crippen LogP contribution in [0.1, 0.15) is 6.42 Å². The standard InChI is InChI=1S/C5H5.C4H4N.C2H7Si.5CH3.2ClH.Ti/c2*1-2-4-5-3-1;1-3-2;;;;;;;;/h1-3H,4H2;1-3,5H;3H,1-2H3;5*1H3;2*1H;/q2*-1;;5*-1;;;. The molecular weight excluding hydrogens is 353 g/mol. The predicted octanol–water partition coefficient (Wildman–Crippen LogP) is 5.73. The second kappa shape index (κ2) is 59.3. The van der Waals surface area contributed by atoms with Gasteiger partial charge in [-0.15, -0.1) is 37.4 Å². The van der Waals surface area contributed by atoms with Crippen LogP contribution < -0.4 is 0 Å². The molecule has 0 unspecified atom stereocenters. The third-order valence-corrected chi connectivity index (χ3v) is 1.03. The van der Waals surface area contributed by atoms with Gasteiger partial charge in [-0.05, 0) is 0 Å². The molecule has 0 fully saturated rings. The Balaban J connectivity index is -0.0000000126. The van der Waals surface area contributed by atoms with Crippen LogP contribution in [0.5, 0.6) is 0 Å². The van der Waals surface area contributed by atoms with E-state index in [1.54, 1.807) is 0 Å². The van der Waals surface area contributed by atoms with Gasteiger partial charge < -0.3 is 42.1 Å². The summed E-state index contributed by atoms with van der Waals surface area (Å²) in [6, 6.07) is 3.71. The maximum absolute atomic E-state index is 2.99. The predicted molar refractivity (Wildman–Crippen MR) is 107 cm³/mol. The van der Waals surface area contributed by atoms with Gasteiger partial charge in [0.05, 0.1) is 0 Å². The Morgan fingerprint density at radius 1 is 1.00 bits per heavy atom. The molecule has 0 spiro atoms. The van der Waals surface area contributed by atoms with Crippen LogP contribution in [0.15, 0.2) is 36.6 Å². The molecule has 1 aromatic heterocycles. The van der Waals surface area contributed by atoms with Crippen LogP contribution in [0, 0.1) is 49.4 Å². The normalized spacial score (nSPS) is 6.95. The van der Waals surface area contributed by atoms with Crippen molar-refractivity contribution in [3.05, 3.63) is 86.0 Å². The Bertz CT molecular complexity index is 201. The van der Waals surface area contributed by atoms with Crippen LogP contribution in [0.3, 0.4) is 0 Å². The average molecular weight is 386 g/mol. The van der Waals surface area contributed by atoms with E-state index >= 15 is 0 Å². The number of hydrogen-bond acceptors (Lipinski definition) is 0. The van der Waals surface area contributed by atoms with E-state index in [-0.39, 0.29) is 83.7 Å². The minimum absolute atomic E-state index is 0. The maximum Gasteiger partial charge on any atom is 0.0213 e. The van der Waals surface area contributed by atoms with Gasteiger partial charge in [-0.25, -0.2) is 12.2 Å². The summed E-state index contributed by atoms with van der Waals surface area (Å²) in [5.74, 6) is 0. The molecule has 2 rings (SSSR count). The molecular formula is C16H33Cl2NSiTi-7. The van der Waals surface area contributed by atoms with Gasteiger partial charge in [-0.1, -0.05) is 13.1 Å². The van der Waals surface area contributed by atoms with Crippen molar-refractivity contribution in [2.24, 2.45) is 0 Å². The maximum atomic E-state index is 2.99. The van der Waals surface area contributed by atoms with E-state index in [1.807, 2.05) is 30.5 Å². The van der Waals surface area contributed by atoms with Crippen LogP contribution in [-0.4, -0.2) is 14.5 Å². The second-order valence-corrected chi connectivity index (χ2v) is 3.55. The molecule has 0 bridgehead atoms. The number of aromatic amines is 1. The summed E-state index contributed by atoms with van der Waals surface area (Å²) in [5.41, 5.74) is 0. The molecule has 1 aliphatic rings. The average Bonchev–Trinajstić information content (AvgIpc) is 2.85. The van der Waals surface area contributed by atoms with Crippen molar-refractivity contribution in [2.45, 2.75) is 19.5 Å². The SMILES string of the molecule is C[SiH]C.Cl.Cl.[C-]1=CC=CC1.[CH3-].[CH3-].[CH3-].[CH3-].[CH3-].[Ti].[c-]1ccc[nH]1. The Labute approximate surface area is 166 Å². The monoisotopic (exact) mass is 385 g/mol. The molecule has 0 saturated carbocycles. The summed E-state index contributed by atoms with van der Waals surface area (Å²) in [4.78, 5) is 2.74. The summed E-state index contributed by atoms with van der Waals surface area (Å²) in [7, 11) is 0.750. The zero-order valence-corrected chi connectivity index (χ0v) is 18.9. The van der Waals surface area contributed by atoms with Crippen molar-refractivity contribution in [2.75, 3.05) is 0 Å². The first kappa shape index (κ1) is 58.0. The zero-order valence-electron chi connectivity index (χ0n) is 14.6. The number of H-pyrrole nitrogens is 1. The van der Waals surface area contributed by atoms with Crippen molar-refractivity contribution in [1.29, 1.82) is 0 Å². The molecule has 5 heteroatoms. The van der Waals surface area contributed by atoms with Crippen molar-refractivity contribution in [1.82, 2.24) is 4.98 Å². The van der Waals surface area contributed by atoms with Crippen molar-refractivity contribution in [3.63, 3.8) is 0 Å². The van der Waals surface area contributed by atoms with E-state index in [0.29, 0.717) is 0 Å². The van der Waals surface area contributed by atoms with E-state index in [1.165, 1.54) is 0 Å². The fourth-order valence-corrected chi connectivity index (χ4v) is 0.581. The Hall–Kier alpha value is 0.271. The molecule has 1 aliphatic carbocycles. The van der Waals surface area contributed by atoms with Gasteiger partial charge in [0, 0.05) is 31.2 Å². The fraction of sp³-hybridized carbons (Fsp3) is 0.188. The molecule has 21 heavy (non-hydrogen) atoms. The third kappa shape index (κ3) is 64.1. The first-order chi connectivity index (χ1) is 6.41. The Kier molecular flexibility index (Phi) is 164. The summed E-state index contributed by atoms with van der Waals surface area (Å²) in [6.45, 7) is 4.42.